The number of hydrogen-bond donors (Lipinski definition) is 0. The lowest BCUT2D eigenvalue weighted by Gasteiger charge is -2.03. The van der Waals surface area contributed by atoms with E-state index in [1.807, 2.05) is 76.2 Å². The standard InChI is InChI=1S/C23H36O.C21H38O.C11H22O.C9H18O.C7H14O.C3H8/c1-4-5-6-7-8-9-10-11-12-13-14-15-16-17-18-19-20-21-23(24)22(2)3;1-4-5-6-7-8-9-10-11-12-13-14-15-16-17-18-19-21(22)20(2)3;1-4-5-6-7-8-9-11(12)10(2)3;1-4-5-6-7-9(10)8(2)3;1-4-5-7(8)6(2)3;1-3-2/h5-6,8-9,11-12,14-15,17-18,22H,4,7,10,13,16,19-21H2,1-3H3;9-10,12-13,20H,4-8,11,14-19H2,1-3H3;10H,4-9H2,1-3H3;8H,4-7H2,1-3H3;6H,4-5H2,1-3H3;3H2,1-2H3/b6-5-,9-8-,12-11-,15-14-,18-17-;10-9-,13-12-;;;;. The molecule has 0 atom stereocenters. The minimum Gasteiger partial charge on any atom is -0.299 e. The second-order valence-electron chi connectivity index (χ2n) is 22.8. The molecular weight excluding hydrogens is 969 g/mol. The molecule has 0 aliphatic heterocycles. The van der Waals surface area contributed by atoms with Gasteiger partial charge in [-0.2, -0.15) is 0 Å². The maximum atomic E-state index is 11.5. The summed E-state index contributed by atoms with van der Waals surface area (Å²) in [4.78, 5) is 55.8. The van der Waals surface area contributed by atoms with Crippen molar-refractivity contribution in [3.63, 3.8) is 0 Å². The highest BCUT2D eigenvalue weighted by atomic mass is 16.1. The average Bonchev–Trinajstić information content (AvgIpc) is 3.41. The molecule has 5 nitrogen and oxygen atoms in total. The largest absolute Gasteiger partial charge is 0.299 e. The summed E-state index contributed by atoms with van der Waals surface area (Å²) in [7, 11) is 0. The van der Waals surface area contributed by atoms with E-state index in [0.29, 0.717) is 35.3 Å². The maximum absolute atomic E-state index is 11.5. The smallest absolute Gasteiger partial charge is 0.135 e. The third-order valence-electron chi connectivity index (χ3n) is 12.6. The van der Waals surface area contributed by atoms with Gasteiger partial charge < -0.3 is 0 Å². The molecule has 0 amide bonds. The van der Waals surface area contributed by atoms with Gasteiger partial charge in [-0.15, -0.1) is 0 Å². The van der Waals surface area contributed by atoms with Crippen LogP contribution in [0.1, 0.15) is 330 Å². The lowest BCUT2D eigenvalue weighted by Crippen LogP contribution is -2.05. The van der Waals surface area contributed by atoms with Crippen LogP contribution in [0.5, 0.6) is 0 Å². The summed E-state index contributed by atoms with van der Waals surface area (Å²) in [5.41, 5.74) is 0. The second-order valence-corrected chi connectivity index (χ2v) is 22.8. The molecule has 0 aliphatic carbocycles. The summed E-state index contributed by atoms with van der Waals surface area (Å²) < 4.78 is 0. The van der Waals surface area contributed by atoms with Gasteiger partial charge >= 0.3 is 0 Å². The van der Waals surface area contributed by atoms with Gasteiger partial charge in [-0.1, -0.05) is 280 Å². The first-order valence-electron chi connectivity index (χ1n) is 33.0. The van der Waals surface area contributed by atoms with Gasteiger partial charge in [0, 0.05) is 61.7 Å². The molecule has 0 spiro atoms. The summed E-state index contributed by atoms with van der Waals surface area (Å²) in [6.07, 6.45) is 67.8. The molecule has 0 unspecified atom stereocenters. The van der Waals surface area contributed by atoms with E-state index < -0.39 is 0 Å². The zero-order valence-electron chi connectivity index (χ0n) is 55.8. The Morgan fingerprint density at radius 3 is 0.734 bits per heavy atom. The summed E-state index contributed by atoms with van der Waals surface area (Å²) in [6, 6.07) is 0. The highest BCUT2D eigenvalue weighted by molar-refractivity contribution is 5.81. The third kappa shape index (κ3) is 86.0. The molecule has 462 valence electrons. The first-order valence-corrected chi connectivity index (χ1v) is 33.0. The van der Waals surface area contributed by atoms with Gasteiger partial charge in [0.15, 0.2) is 0 Å². The fraction of sp³-hybridized carbons (Fsp3) is 0.743. The van der Waals surface area contributed by atoms with Crippen LogP contribution in [0, 0.1) is 29.6 Å². The molecule has 0 aromatic carbocycles. The van der Waals surface area contributed by atoms with Crippen LogP contribution in [-0.4, -0.2) is 28.9 Å². The fourth-order valence-corrected chi connectivity index (χ4v) is 7.02. The van der Waals surface area contributed by atoms with Crippen molar-refractivity contribution in [2.24, 2.45) is 29.6 Å². The van der Waals surface area contributed by atoms with Crippen molar-refractivity contribution >= 4 is 28.9 Å². The third-order valence-corrected chi connectivity index (χ3v) is 12.6. The van der Waals surface area contributed by atoms with Crippen molar-refractivity contribution in [2.45, 2.75) is 330 Å². The van der Waals surface area contributed by atoms with Crippen LogP contribution in [0.25, 0.3) is 0 Å². The molecule has 0 radical (unpaired) electrons. The van der Waals surface area contributed by atoms with Gasteiger partial charge in [0.05, 0.1) is 0 Å². The number of carbonyl (C=O) groups excluding carboxylic acids is 5. The quantitative estimate of drug-likeness (QED) is 0.0448. The van der Waals surface area contributed by atoms with Crippen molar-refractivity contribution in [3.8, 4) is 0 Å². The summed E-state index contributed by atoms with van der Waals surface area (Å²) >= 11 is 0. The Hall–Kier alpha value is -3.47. The van der Waals surface area contributed by atoms with E-state index in [4.69, 9.17) is 0 Å². The normalized spacial score (nSPS) is 11.5. The molecule has 0 aliphatic rings. The Labute approximate surface area is 494 Å². The van der Waals surface area contributed by atoms with E-state index in [-0.39, 0.29) is 29.6 Å². The molecule has 0 fully saturated rings. The van der Waals surface area contributed by atoms with Crippen LogP contribution < -0.4 is 0 Å². The number of carbonyl (C=O) groups is 5. The van der Waals surface area contributed by atoms with Crippen molar-refractivity contribution < 1.29 is 24.0 Å². The van der Waals surface area contributed by atoms with E-state index in [2.05, 4.69) is 127 Å². The highest BCUT2D eigenvalue weighted by Crippen LogP contribution is 2.12. The number of allylic oxidation sites excluding steroid dienone is 14. The zero-order valence-corrected chi connectivity index (χ0v) is 55.8. The molecule has 0 N–H and O–H groups in total. The highest BCUT2D eigenvalue weighted by Gasteiger charge is 2.08. The number of hydrogen-bond acceptors (Lipinski definition) is 5. The van der Waals surface area contributed by atoms with E-state index >= 15 is 0 Å². The molecule has 79 heavy (non-hydrogen) atoms. The molecule has 0 saturated carbocycles. The van der Waals surface area contributed by atoms with E-state index in [1.54, 1.807) is 0 Å². The lowest BCUT2D eigenvalue weighted by atomic mass is 10.0. The van der Waals surface area contributed by atoms with Crippen LogP contribution in [0.2, 0.25) is 0 Å². The number of rotatable bonds is 44. The van der Waals surface area contributed by atoms with Crippen LogP contribution in [0.3, 0.4) is 0 Å². The van der Waals surface area contributed by atoms with Crippen LogP contribution in [-0.2, 0) is 24.0 Å². The first kappa shape index (κ1) is 86.8. The van der Waals surface area contributed by atoms with Gasteiger partial charge in [-0.25, -0.2) is 0 Å². The van der Waals surface area contributed by atoms with Gasteiger partial charge in [0.1, 0.15) is 28.9 Å². The first-order chi connectivity index (χ1) is 37.8. The maximum Gasteiger partial charge on any atom is 0.135 e. The monoisotopic (exact) mass is 1110 g/mol. The second kappa shape index (κ2) is 74.5. The van der Waals surface area contributed by atoms with Gasteiger partial charge in [0.25, 0.3) is 0 Å². The topological polar surface area (TPSA) is 85.3 Å². The van der Waals surface area contributed by atoms with Crippen LogP contribution >= 0.6 is 0 Å². The number of unbranched alkanes of at least 4 members (excludes halogenated alkanes) is 15. The molecule has 0 heterocycles. The molecular formula is C74H136O5. The Morgan fingerprint density at radius 2 is 0.456 bits per heavy atom. The van der Waals surface area contributed by atoms with E-state index in [9.17, 15) is 24.0 Å². The molecule has 0 rings (SSSR count). The summed E-state index contributed by atoms with van der Waals surface area (Å²) in [5, 5.41) is 0. The van der Waals surface area contributed by atoms with E-state index in [1.165, 1.54) is 103 Å². The predicted octanol–water partition coefficient (Wildman–Crippen LogP) is 23.9. The number of ketones is 5. The predicted molar refractivity (Wildman–Crippen MR) is 355 cm³/mol. The van der Waals surface area contributed by atoms with Gasteiger partial charge in [0.2, 0.25) is 0 Å². The molecule has 5 heteroatoms. The van der Waals surface area contributed by atoms with Crippen molar-refractivity contribution in [1.82, 2.24) is 0 Å². The van der Waals surface area contributed by atoms with Crippen molar-refractivity contribution in [2.75, 3.05) is 0 Å². The number of Topliss-reactive ketones (excluding diaryl/α,β-unsaturated/α-hetero) is 5. The lowest BCUT2D eigenvalue weighted by molar-refractivity contribution is -0.122. The van der Waals surface area contributed by atoms with Crippen LogP contribution in [0.4, 0.5) is 0 Å². The van der Waals surface area contributed by atoms with Gasteiger partial charge in [-0.05, 0) is 103 Å². The molecule has 0 aromatic heterocycles. The minimum atomic E-state index is 0.179. The summed E-state index contributed by atoms with van der Waals surface area (Å²) in [5.74, 6) is 3.10. The fourth-order valence-electron chi connectivity index (χ4n) is 7.02. The van der Waals surface area contributed by atoms with Crippen molar-refractivity contribution in [1.29, 1.82) is 0 Å². The zero-order chi connectivity index (χ0) is 61.0. The summed E-state index contributed by atoms with van der Waals surface area (Å²) in [6.45, 7) is 34.8. The SMILES string of the molecule is CC/C=C\C/C=C\C/C=C\C/C=C\C/C=C\CCCC(=O)C(C)C.CCC.CCCC(=O)C(C)C.CCCCCC(=O)C(C)C.CCCCCC/C=C\C/C=C\CCCCCCC(=O)C(C)C.CCCCCCCC(=O)C(C)C. The molecule has 0 saturated heterocycles. The molecule has 0 bridgehead atoms. The molecule has 0 aromatic rings. The average molecular weight is 1110 g/mol. The Morgan fingerprint density at radius 1 is 0.241 bits per heavy atom. The van der Waals surface area contributed by atoms with E-state index in [0.717, 1.165) is 103 Å². The van der Waals surface area contributed by atoms with Crippen LogP contribution in [0.15, 0.2) is 85.1 Å². The Bertz CT molecular complexity index is 1510. The van der Waals surface area contributed by atoms with Gasteiger partial charge in [-0.3, -0.25) is 24.0 Å². The van der Waals surface area contributed by atoms with Crippen molar-refractivity contribution in [3.05, 3.63) is 85.1 Å². The minimum absolute atomic E-state index is 0.179. The Kier molecular flexibility index (Phi) is 81.9. The Balaban J connectivity index is -0.000000220.